The standard InChI is InChI=1S/C20H30N2O5S/c1-3-22(4-2)28(25,26)18-12-10-16(11-13-18)14-21-19(23)15-27-20(24)17-8-6-5-7-9-17/h10-13,17H,3-9,14-15H2,1-2H3,(H,21,23). The number of carbonyl (C=O) groups excluding carboxylic acids is 2. The Bertz CT molecular complexity index is 751. The Hall–Kier alpha value is -1.93. The molecule has 28 heavy (non-hydrogen) atoms. The second-order valence-corrected chi connectivity index (χ2v) is 8.89. The highest BCUT2D eigenvalue weighted by Gasteiger charge is 2.23. The Morgan fingerprint density at radius 1 is 1.07 bits per heavy atom. The average molecular weight is 411 g/mol. The molecule has 0 radical (unpaired) electrons. The molecule has 0 heterocycles. The number of nitrogens with zero attached hydrogens (tertiary/aromatic N) is 1. The van der Waals surface area contributed by atoms with Crippen molar-refractivity contribution < 1.29 is 22.7 Å². The highest BCUT2D eigenvalue weighted by Crippen LogP contribution is 2.24. The third kappa shape index (κ3) is 6.04. The molecule has 2 rings (SSSR count). The van der Waals surface area contributed by atoms with Crippen molar-refractivity contribution in [3.63, 3.8) is 0 Å². The van der Waals surface area contributed by atoms with Crippen molar-refractivity contribution in [3.05, 3.63) is 29.8 Å². The summed E-state index contributed by atoms with van der Waals surface area (Å²) in [6.07, 6.45) is 4.89. The van der Waals surface area contributed by atoms with Gasteiger partial charge in [-0.1, -0.05) is 45.2 Å². The Morgan fingerprint density at radius 3 is 2.25 bits per heavy atom. The van der Waals surface area contributed by atoms with Crippen LogP contribution in [0.3, 0.4) is 0 Å². The molecule has 1 fully saturated rings. The van der Waals surface area contributed by atoms with Crippen molar-refractivity contribution in [1.29, 1.82) is 0 Å². The molecule has 0 unspecified atom stereocenters. The molecule has 0 atom stereocenters. The molecule has 7 nitrogen and oxygen atoms in total. The first kappa shape index (κ1) is 22.4. The zero-order valence-corrected chi connectivity index (χ0v) is 17.5. The van der Waals surface area contributed by atoms with E-state index in [0.717, 1.165) is 37.7 Å². The molecule has 0 aliphatic heterocycles. The molecule has 1 N–H and O–H groups in total. The molecule has 1 aliphatic rings. The lowest BCUT2D eigenvalue weighted by atomic mass is 9.89. The van der Waals surface area contributed by atoms with Crippen LogP contribution in [0.2, 0.25) is 0 Å². The summed E-state index contributed by atoms with van der Waals surface area (Å²) in [5.74, 6) is -0.744. The largest absolute Gasteiger partial charge is 0.455 e. The fraction of sp³-hybridized carbons (Fsp3) is 0.600. The number of carbonyl (C=O) groups is 2. The van der Waals surface area contributed by atoms with Gasteiger partial charge in [-0.15, -0.1) is 0 Å². The van der Waals surface area contributed by atoms with Crippen LogP contribution in [0.4, 0.5) is 0 Å². The third-order valence-corrected chi connectivity index (χ3v) is 7.10. The van der Waals surface area contributed by atoms with Gasteiger partial charge in [-0.05, 0) is 30.5 Å². The van der Waals surface area contributed by atoms with E-state index in [0.29, 0.717) is 13.1 Å². The SMILES string of the molecule is CCN(CC)S(=O)(=O)c1ccc(CNC(=O)COC(=O)C2CCCCC2)cc1. The summed E-state index contributed by atoms with van der Waals surface area (Å²) in [5, 5.41) is 2.68. The van der Waals surface area contributed by atoms with Crippen LogP contribution in [0.5, 0.6) is 0 Å². The van der Waals surface area contributed by atoms with E-state index < -0.39 is 10.0 Å². The van der Waals surface area contributed by atoms with Crippen LogP contribution in [-0.4, -0.2) is 44.3 Å². The van der Waals surface area contributed by atoms with Crippen molar-refractivity contribution in [1.82, 2.24) is 9.62 Å². The van der Waals surface area contributed by atoms with Crippen LogP contribution < -0.4 is 5.32 Å². The number of rotatable bonds is 9. The van der Waals surface area contributed by atoms with Gasteiger partial charge < -0.3 is 10.1 Å². The molecule has 0 saturated heterocycles. The second-order valence-electron chi connectivity index (χ2n) is 6.95. The Kier molecular flexibility index (Phi) is 8.44. The summed E-state index contributed by atoms with van der Waals surface area (Å²) in [5.41, 5.74) is 0.769. The average Bonchev–Trinajstić information content (AvgIpc) is 2.72. The monoisotopic (exact) mass is 410 g/mol. The molecule has 1 amide bonds. The highest BCUT2D eigenvalue weighted by molar-refractivity contribution is 7.89. The smallest absolute Gasteiger partial charge is 0.309 e. The van der Waals surface area contributed by atoms with E-state index in [1.165, 1.54) is 16.4 Å². The van der Waals surface area contributed by atoms with E-state index in [2.05, 4.69) is 5.32 Å². The minimum Gasteiger partial charge on any atom is -0.455 e. The van der Waals surface area contributed by atoms with Gasteiger partial charge in [0, 0.05) is 19.6 Å². The summed E-state index contributed by atoms with van der Waals surface area (Å²) in [6, 6.07) is 6.42. The minimum absolute atomic E-state index is 0.0816. The molecule has 1 saturated carbocycles. The van der Waals surface area contributed by atoms with Crippen LogP contribution in [0.25, 0.3) is 0 Å². The summed E-state index contributed by atoms with van der Waals surface area (Å²) >= 11 is 0. The van der Waals surface area contributed by atoms with Gasteiger partial charge in [-0.2, -0.15) is 4.31 Å². The predicted octanol–water partition coefficient (Wildman–Crippen LogP) is 2.46. The Balaban J connectivity index is 1.81. The molecule has 1 aliphatic carbocycles. The summed E-state index contributed by atoms with van der Waals surface area (Å²) in [7, 11) is -3.49. The summed E-state index contributed by atoms with van der Waals surface area (Å²) in [4.78, 5) is 24.1. The number of hydrogen-bond donors (Lipinski definition) is 1. The maximum absolute atomic E-state index is 12.5. The third-order valence-electron chi connectivity index (χ3n) is 5.04. The first-order valence-electron chi connectivity index (χ1n) is 9.90. The fourth-order valence-corrected chi connectivity index (χ4v) is 4.79. The van der Waals surface area contributed by atoms with E-state index >= 15 is 0 Å². The van der Waals surface area contributed by atoms with E-state index in [4.69, 9.17) is 4.74 Å². The number of amides is 1. The van der Waals surface area contributed by atoms with Gasteiger partial charge >= 0.3 is 5.97 Å². The lowest BCUT2D eigenvalue weighted by molar-refractivity contribution is -0.153. The van der Waals surface area contributed by atoms with Crippen molar-refractivity contribution in [2.24, 2.45) is 5.92 Å². The Labute approximate surface area is 167 Å². The number of esters is 1. The molecule has 0 aromatic heterocycles. The maximum atomic E-state index is 12.5. The van der Waals surface area contributed by atoms with E-state index in [9.17, 15) is 18.0 Å². The van der Waals surface area contributed by atoms with E-state index in [1.54, 1.807) is 26.0 Å². The first-order chi connectivity index (χ1) is 13.4. The lowest BCUT2D eigenvalue weighted by Gasteiger charge is -2.19. The highest BCUT2D eigenvalue weighted by atomic mass is 32.2. The van der Waals surface area contributed by atoms with Crippen LogP contribution >= 0.6 is 0 Å². The van der Waals surface area contributed by atoms with Gasteiger partial charge in [-0.3, -0.25) is 9.59 Å². The maximum Gasteiger partial charge on any atom is 0.309 e. The van der Waals surface area contributed by atoms with Crippen LogP contribution in [0.15, 0.2) is 29.2 Å². The Morgan fingerprint density at radius 2 is 1.68 bits per heavy atom. The molecule has 0 spiro atoms. The van der Waals surface area contributed by atoms with Gasteiger partial charge in [0.2, 0.25) is 10.0 Å². The quantitative estimate of drug-likeness (QED) is 0.631. The summed E-state index contributed by atoms with van der Waals surface area (Å²) < 4.78 is 31.4. The van der Waals surface area contributed by atoms with Gasteiger partial charge in [0.25, 0.3) is 5.91 Å². The molecule has 1 aromatic carbocycles. The van der Waals surface area contributed by atoms with Gasteiger partial charge in [0.05, 0.1) is 10.8 Å². The number of hydrogen-bond acceptors (Lipinski definition) is 5. The number of sulfonamides is 1. The molecule has 156 valence electrons. The number of benzene rings is 1. The molecule has 1 aromatic rings. The number of ether oxygens (including phenoxy) is 1. The van der Waals surface area contributed by atoms with Crippen LogP contribution in [0.1, 0.15) is 51.5 Å². The number of nitrogens with one attached hydrogen (secondary N) is 1. The van der Waals surface area contributed by atoms with Crippen molar-refractivity contribution in [2.45, 2.75) is 57.4 Å². The van der Waals surface area contributed by atoms with E-state index in [1.807, 2.05) is 0 Å². The zero-order chi connectivity index (χ0) is 20.6. The van der Waals surface area contributed by atoms with Crippen molar-refractivity contribution in [3.8, 4) is 0 Å². The van der Waals surface area contributed by atoms with Crippen LogP contribution in [-0.2, 0) is 30.9 Å². The normalized spacial score (nSPS) is 15.4. The topological polar surface area (TPSA) is 92.8 Å². The predicted molar refractivity (Wildman–Crippen MR) is 106 cm³/mol. The fourth-order valence-electron chi connectivity index (χ4n) is 3.34. The summed E-state index contributed by atoms with van der Waals surface area (Å²) in [6.45, 7) is 4.37. The second kappa shape index (κ2) is 10.6. The molecule has 0 bridgehead atoms. The molecular formula is C20H30N2O5S. The van der Waals surface area contributed by atoms with Gasteiger partial charge in [0.1, 0.15) is 0 Å². The van der Waals surface area contributed by atoms with E-state index in [-0.39, 0.29) is 35.8 Å². The van der Waals surface area contributed by atoms with Crippen molar-refractivity contribution in [2.75, 3.05) is 19.7 Å². The minimum atomic E-state index is -3.49. The molecule has 8 heteroatoms. The van der Waals surface area contributed by atoms with Crippen LogP contribution in [0, 0.1) is 5.92 Å². The van der Waals surface area contributed by atoms with Gasteiger partial charge in [0.15, 0.2) is 6.61 Å². The van der Waals surface area contributed by atoms with Gasteiger partial charge in [-0.25, -0.2) is 8.42 Å². The van der Waals surface area contributed by atoms with Crippen molar-refractivity contribution >= 4 is 21.9 Å². The lowest BCUT2D eigenvalue weighted by Crippen LogP contribution is -2.31. The molecular weight excluding hydrogens is 380 g/mol. The first-order valence-corrected chi connectivity index (χ1v) is 11.3. The zero-order valence-electron chi connectivity index (χ0n) is 16.6.